The Kier molecular flexibility index (Phi) is 6.75. The summed E-state index contributed by atoms with van der Waals surface area (Å²) in [6.07, 6.45) is 0. The van der Waals surface area contributed by atoms with Gasteiger partial charge in [0.15, 0.2) is 0 Å². The highest BCUT2D eigenvalue weighted by atomic mass is 79.9. The zero-order chi connectivity index (χ0) is 19.3. The first kappa shape index (κ1) is 20.1. The lowest BCUT2D eigenvalue weighted by Crippen LogP contribution is -2.48. The monoisotopic (exact) mass is 453 g/mol. The van der Waals surface area contributed by atoms with Crippen molar-refractivity contribution >= 4 is 31.6 Å². The fourth-order valence-electron chi connectivity index (χ4n) is 3.06. The molecule has 2 aromatic carbocycles. The minimum Gasteiger partial charge on any atom is -0.497 e. The van der Waals surface area contributed by atoms with Crippen molar-refractivity contribution in [2.24, 2.45) is 0 Å². The summed E-state index contributed by atoms with van der Waals surface area (Å²) in [5, 5.41) is 0. The summed E-state index contributed by atoms with van der Waals surface area (Å²) in [5.41, 5.74) is 1.19. The lowest BCUT2D eigenvalue weighted by molar-refractivity contribution is 0.262. The third-order valence-electron chi connectivity index (χ3n) is 4.65. The van der Waals surface area contributed by atoms with E-state index in [1.807, 2.05) is 12.1 Å². The van der Waals surface area contributed by atoms with Crippen LogP contribution in [0.5, 0.6) is 5.75 Å². The van der Waals surface area contributed by atoms with Crippen molar-refractivity contribution in [2.75, 3.05) is 51.3 Å². The summed E-state index contributed by atoms with van der Waals surface area (Å²) in [6, 6.07) is 14.7. The number of nitrogens with one attached hydrogen (secondary N) is 1. The average Bonchev–Trinajstić information content (AvgIpc) is 2.69. The van der Waals surface area contributed by atoms with Gasteiger partial charge in [-0.05, 0) is 48.5 Å². The molecule has 0 aliphatic carbocycles. The lowest BCUT2D eigenvalue weighted by atomic mass is 10.2. The van der Waals surface area contributed by atoms with E-state index in [1.54, 1.807) is 31.4 Å². The Labute approximate surface area is 169 Å². The zero-order valence-corrected chi connectivity index (χ0v) is 17.7. The van der Waals surface area contributed by atoms with Crippen LogP contribution in [0.2, 0.25) is 0 Å². The molecule has 3 rings (SSSR count). The van der Waals surface area contributed by atoms with E-state index in [4.69, 9.17) is 4.74 Å². The van der Waals surface area contributed by atoms with E-state index in [0.717, 1.165) is 36.4 Å². The molecule has 1 aliphatic rings. The Bertz CT molecular complexity index is 834. The van der Waals surface area contributed by atoms with Crippen molar-refractivity contribution in [3.63, 3.8) is 0 Å². The highest BCUT2D eigenvalue weighted by Crippen LogP contribution is 2.20. The second-order valence-electron chi connectivity index (χ2n) is 6.38. The van der Waals surface area contributed by atoms with Crippen molar-refractivity contribution in [3.05, 3.63) is 53.0 Å². The smallest absolute Gasteiger partial charge is 0.240 e. The summed E-state index contributed by atoms with van der Waals surface area (Å²) >= 11 is 3.31. The van der Waals surface area contributed by atoms with Gasteiger partial charge >= 0.3 is 0 Å². The molecule has 0 saturated carbocycles. The summed E-state index contributed by atoms with van der Waals surface area (Å²) in [4.78, 5) is 4.90. The maximum absolute atomic E-state index is 12.3. The number of piperazine rings is 1. The normalized spacial score (nSPS) is 15.7. The second-order valence-corrected chi connectivity index (χ2v) is 9.06. The molecule has 27 heavy (non-hydrogen) atoms. The standard InChI is InChI=1S/C19H24BrN3O3S/c1-26-18-6-4-17(5-7-18)23-14-12-22(13-15-23)11-10-21-27(24,25)19-8-2-16(20)3-9-19/h2-9,21H,10-15H2,1H3. The number of rotatable bonds is 7. The van der Waals surface area contributed by atoms with E-state index in [0.29, 0.717) is 13.1 Å². The number of ether oxygens (including phenoxy) is 1. The van der Waals surface area contributed by atoms with Crippen molar-refractivity contribution in [3.8, 4) is 5.75 Å². The highest BCUT2D eigenvalue weighted by Gasteiger charge is 2.18. The average molecular weight is 454 g/mol. The highest BCUT2D eigenvalue weighted by molar-refractivity contribution is 9.10. The molecular formula is C19H24BrN3O3S. The Morgan fingerprint density at radius 3 is 2.22 bits per heavy atom. The van der Waals surface area contributed by atoms with Gasteiger partial charge in [-0.2, -0.15) is 0 Å². The third kappa shape index (κ3) is 5.44. The molecular weight excluding hydrogens is 430 g/mol. The molecule has 0 bridgehead atoms. The molecule has 1 fully saturated rings. The molecule has 0 spiro atoms. The molecule has 0 amide bonds. The van der Waals surface area contributed by atoms with E-state index < -0.39 is 10.0 Å². The molecule has 146 valence electrons. The van der Waals surface area contributed by atoms with Crippen LogP contribution >= 0.6 is 15.9 Å². The van der Waals surface area contributed by atoms with Crippen LogP contribution in [-0.4, -0.2) is 59.7 Å². The van der Waals surface area contributed by atoms with Crippen LogP contribution in [0.3, 0.4) is 0 Å². The van der Waals surface area contributed by atoms with Gasteiger partial charge in [0.2, 0.25) is 10.0 Å². The van der Waals surface area contributed by atoms with Gasteiger partial charge in [-0.15, -0.1) is 0 Å². The molecule has 2 aromatic rings. The Balaban J connectivity index is 1.44. The van der Waals surface area contributed by atoms with Crippen LogP contribution in [0.4, 0.5) is 5.69 Å². The van der Waals surface area contributed by atoms with Crippen molar-refractivity contribution in [1.29, 1.82) is 0 Å². The van der Waals surface area contributed by atoms with Gasteiger partial charge in [-0.3, -0.25) is 4.90 Å². The molecule has 0 unspecified atom stereocenters. The van der Waals surface area contributed by atoms with E-state index in [9.17, 15) is 8.42 Å². The van der Waals surface area contributed by atoms with Crippen LogP contribution in [0.15, 0.2) is 57.9 Å². The molecule has 1 N–H and O–H groups in total. The first-order valence-corrected chi connectivity index (χ1v) is 11.1. The number of hydrogen-bond donors (Lipinski definition) is 1. The number of benzene rings is 2. The predicted molar refractivity (Wildman–Crippen MR) is 111 cm³/mol. The maximum Gasteiger partial charge on any atom is 0.240 e. The van der Waals surface area contributed by atoms with Gasteiger partial charge in [0, 0.05) is 49.4 Å². The molecule has 0 atom stereocenters. The van der Waals surface area contributed by atoms with Gasteiger partial charge in [-0.1, -0.05) is 15.9 Å². The second kappa shape index (κ2) is 9.05. The summed E-state index contributed by atoms with van der Waals surface area (Å²) < 4.78 is 33.4. The van der Waals surface area contributed by atoms with Crippen molar-refractivity contribution in [2.45, 2.75) is 4.90 Å². The number of halogens is 1. The molecule has 0 aromatic heterocycles. The van der Waals surface area contributed by atoms with Crippen LogP contribution in [0.25, 0.3) is 0 Å². The largest absolute Gasteiger partial charge is 0.497 e. The predicted octanol–water partition coefficient (Wildman–Crippen LogP) is 2.56. The van der Waals surface area contributed by atoms with Gasteiger partial charge in [-0.25, -0.2) is 13.1 Å². The van der Waals surface area contributed by atoms with Crippen LogP contribution < -0.4 is 14.4 Å². The van der Waals surface area contributed by atoms with Crippen molar-refractivity contribution < 1.29 is 13.2 Å². The van der Waals surface area contributed by atoms with E-state index in [2.05, 4.69) is 42.6 Å². The van der Waals surface area contributed by atoms with E-state index >= 15 is 0 Å². The van der Waals surface area contributed by atoms with Crippen LogP contribution in [0, 0.1) is 0 Å². The van der Waals surface area contributed by atoms with E-state index in [1.165, 1.54) is 5.69 Å². The zero-order valence-electron chi connectivity index (χ0n) is 15.3. The molecule has 1 aliphatic heterocycles. The van der Waals surface area contributed by atoms with Gasteiger partial charge in [0.1, 0.15) is 5.75 Å². The number of hydrogen-bond acceptors (Lipinski definition) is 5. The first-order valence-electron chi connectivity index (χ1n) is 8.84. The van der Waals surface area contributed by atoms with Crippen LogP contribution in [-0.2, 0) is 10.0 Å². The SMILES string of the molecule is COc1ccc(N2CCN(CCNS(=O)(=O)c3ccc(Br)cc3)CC2)cc1. The minimum absolute atomic E-state index is 0.287. The van der Waals surface area contributed by atoms with Gasteiger partial charge in [0.25, 0.3) is 0 Å². The third-order valence-corrected chi connectivity index (χ3v) is 6.66. The maximum atomic E-state index is 12.3. The summed E-state index contributed by atoms with van der Waals surface area (Å²) in [5.74, 6) is 0.857. The minimum atomic E-state index is -3.46. The number of sulfonamides is 1. The van der Waals surface area contributed by atoms with Crippen molar-refractivity contribution in [1.82, 2.24) is 9.62 Å². The molecule has 1 heterocycles. The number of anilines is 1. The first-order chi connectivity index (χ1) is 13.0. The summed E-state index contributed by atoms with van der Waals surface area (Å²) in [7, 11) is -1.79. The Morgan fingerprint density at radius 2 is 1.63 bits per heavy atom. The molecule has 6 nitrogen and oxygen atoms in total. The Morgan fingerprint density at radius 1 is 1.00 bits per heavy atom. The van der Waals surface area contributed by atoms with Gasteiger partial charge < -0.3 is 9.64 Å². The van der Waals surface area contributed by atoms with E-state index in [-0.39, 0.29) is 4.90 Å². The fraction of sp³-hybridized carbons (Fsp3) is 0.368. The molecule has 8 heteroatoms. The number of nitrogens with zero attached hydrogens (tertiary/aromatic N) is 2. The van der Waals surface area contributed by atoms with Crippen LogP contribution in [0.1, 0.15) is 0 Å². The number of methoxy groups -OCH3 is 1. The summed E-state index contributed by atoms with van der Waals surface area (Å²) in [6.45, 7) is 4.77. The fourth-order valence-corrected chi connectivity index (χ4v) is 4.34. The quantitative estimate of drug-likeness (QED) is 0.697. The Hall–Kier alpha value is -1.61. The topological polar surface area (TPSA) is 61.9 Å². The molecule has 1 saturated heterocycles. The van der Waals surface area contributed by atoms with Gasteiger partial charge in [0.05, 0.1) is 12.0 Å². The lowest BCUT2D eigenvalue weighted by Gasteiger charge is -2.36. The molecule has 0 radical (unpaired) electrons.